The average molecular weight is 353 g/mol. The van der Waals surface area contributed by atoms with Gasteiger partial charge in [0.2, 0.25) is 0 Å². The lowest BCUT2D eigenvalue weighted by molar-refractivity contribution is 0.290. The molecular formula is C23H32N2O. The summed E-state index contributed by atoms with van der Waals surface area (Å²) < 4.78 is 0. The Morgan fingerprint density at radius 2 is 2.04 bits per heavy atom. The summed E-state index contributed by atoms with van der Waals surface area (Å²) in [5, 5.41) is 3.43. The monoisotopic (exact) mass is 352 g/mol. The zero-order valence-electron chi connectivity index (χ0n) is 16.4. The molecule has 0 amide bonds. The first-order valence-corrected chi connectivity index (χ1v) is 9.53. The quantitative estimate of drug-likeness (QED) is 0.443. The summed E-state index contributed by atoms with van der Waals surface area (Å²) in [5.41, 5.74) is 1.93. The molecule has 3 atom stereocenters. The van der Waals surface area contributed by atoms with E-state index in [-0.39, 0.29) is 12.0 Å². The highest BCUT2D eigenvalue weighted by Gasteiger charge is 2.46. The number of nitrogens with zero attached hydrogens (tertiary/aromatic N) is 2. The lowest BCUT2D eigenvalue weighted by Gasteiger charge is -2.39. The van der Waals surface area contributed by atoms with Gasteiger partial charge in [-0.05, 0) is 63.3 Å². The SMILES string of the molecule is C=C/C=C(\C=C/C)C(CN=O)(c1ccccc1)C1CCC(CN(C)C)C1. The van der Waals surface area contributed by atoms with Crippen LogP contribution in [-0.2, 0) is 5.41 Å². The minimum Gasteiger partial charge on any atom is -0.309 e. The second-order valence-electron chi connectivity index (χ2n) is 7.62. The predicted octanol–water partition coefficient (Wildman–Crippen LogP) is 5.36. The van der Waals surface area contributed by atoms with Gasteiger partial charge < -0.3 is 4.90 Å². The third-order valence-corrected chi connectivity index (χ3v) is 5.62. The fourth-order valence-electron chi connectivity index (χ4n) is 4.65. The fraction of sp³-hybridized carbons (Fsp3) is 0.478. The molecule has 1 aliphatic carbocycles. The van der Waals surface area contributed by atoms with Gasteiger partial charge in [-0.3, -0.25) is 0 Å². The first-order chi connectivity index (χ1) is 12.6. The summed E-state index contributed by atoms with van der Waals surface area (Å²) in [7, 11) is 4.27. The highest BCUT2D eigenvalue weighted by molar-refractivity contribution is 5.45. The van der Waals surface area contributed by atoms with Gasteiger partial charge in [-0.25, -0.2) is 0 Å². The van der Waals surface area contributed by atoms with Crippen LogP contribution in [0.2, 0.25) is 0 Å². The number of nitroso groups, excluding NO2 is 1. The third kappa shape index (κ3) is 4.39. The van der Waals surface area contributed by atoms with Gasteiger partial charge in [-0.1, -0.05) is 66.4 Å². The van der Waals surface area contributed by atoms with Crippen LogP contribution in [0, 0.1) is 16.7 Å². The van der Waals surface area contributed by atoms with E-state index in [2.05, 4.69) is 67.2 Å². The Balaban J connectivity index is 2.55. The highest BCUT2D eigenvalue weighted by Crippen LogP contribution is 2.49. The molecule has 0 bridgehead atoms. The van der Waals surface area contributed by atoms with Crippen LogP contribution in [0.15, 0.2) is 72.0 Å². The first-order valence-electron chi connectivity index (χ1n) is 9.53. The van der Waals surface area contributed by atoms with Crippen molar-refractivity contribution in [3.05, 3.63) is 77.3 Å². The van der Waals surface area contributed by atoms with Crippen LogP contribution in [0.25, 0.3) is 0 Å². The number of allylic oxidation sites excluding steroid dienone is 4. The van der Waals surface area contributed by atoms with E-state index in [1.165, 1.54) is 12.0 Å². The standard InChI is InChI=1S/C23H32N2O/c1-5-10-20(11-6-2)23(18-24-26,21-12-8-7-9-13-21)22-15-14-19(16-22)17-25(3)4/h5-13,19,22H,1,14-18H2,2-4H3/b11-6-,20-10+. The smallest absolute Gasteiger partial charge is 0.0951 e. The molecule has 0 aliphatic heterocycles. The minimum absolute atomic E-state index is 0.264. The van der Waals surface area contributed by atoms with Gasteiger partial charge in [0.15, 0.2) is 0 Å². The minimum atomic E-state index is -0.384. The summed E-state index contributed by atoms with van der Waals surface area (Å²) in [5.74, 6) is 1.07. The Hall–Kier alpha value is -2.00. The Morgan fingerprint density at radius 1 is 1.31 bits per heavy atom. The Kier molecular flexibility index (Phi) is 7.52. The maximum atomic E-state index is 11.6. The molecule has 2 rings (SSSR count). The second kappa shape index (κ2) is 9.63. The van der Waals surface area contributed by atoms with E-state index in [0.29, 0.717) is 11.8 Å². The van der Waals surface area contributed by atoms with Crippen LogP contribution in [0.1, 0.15) is 31.7 Å². The van der Waals surface area contributed by atoms with E-state index < -0.39 is 0 Å². The topological polar surface area (TPSA) is 32.7 Å². The molecule has 0 saturated heterocycles. The van der Waals surface area contributed by atoms with Crippen LogP contribution in [-0.4, -0.2) is 32.1 Å². The van der Waals surface area contributed by atoms with Gasteiger partial charge in [0.25, 0.3) is 0 Å². The molecule has 3 unspecified atom stereocenters. The van der Waals surface area contributed by atoms with E-state index in [4.69, 9.17) is 0 Å². The van der Waals surface area contributed by atoms with E-state index in [9.17, 15) is 4.91 Å². The molecule has 26 heavy (non-hydrogen) atoms. The maximum Gasteiger partial charge on any atom is 0.0951 e. The molecule has 3 heteroatoms. The van der Waals surface area contributed by atoms with E-state index in [1.54, 1.807) is 0 Å². The second-order valence-corrected chi connectivity index (χ2v) is 7.62. The summed E-state index contributed by atoms with van der Waals surface area (Å²) in [6.07, 6.45) is 11.5. The lowest BCUT2D eigenvalue weighted by Crippen LogP contribution is -2.39. The third-order valence-electron chi connectivity index (χ3n) is 5.62. The van der Waals surface area contributed by atoms with E-state index in [0.717, 1.165) is 25.0 Å². The van der Waals surface area contributed by atoms with Gasteiger partial charge in [-0.15, -0.1) is 0 Å². The molecule has 1 fully saturated rings. The van der Waals surface area contributed by atoms with Crippen LogP contribution >= 0.6 is 0 Å². The molecule has 0 aromatic heterocycles. The van der Waals surface area contributed by atoms with Crippen LogP contribution in [0.5, 0.6) is 0 Å². The Labute approximate surface area is 158 Å². The molecule has 3 nitrogen and oxygen atoms in total. The number of hydrogen-bond donors (Lipinski definition) is 0. The van der Waals surface area contributed by atoms with Crippen molar-refractivity contribution in [2.24, 2.45) is 17.0 Å². The highest BCUT2D eigenvalue weighted by atomic mass is 16.3. The molecule has 1 aromatic carbocycles. The summed E-state index contributed by atoms with van der Waals surface area (Å²) >= 11 is 0. The van der Waals surface area contributed by atoms with Crippen molar-refractivity contribution in [2.75, 3.05) is 27.2 Å². The largest absolute Gasteiger partial charge is 0.309 e. The molecule has 0 heterocycles. The van der Waals surface area contributed by atoms with Crippen molar-refractivity contribution in [3.8, 4) is 0 Å². The molecule has 1 aromatic rings. The zero-order valence-corrected chi connectivity index (χ0v) is 16.4. The van der Waals surface area contributed by atoms with Crippen molar-refractivity contribution in [1.82, 2.24) is 4.90 Å². The lowest BCUT2D eigenvalue weighted by atomic mass is 9.64. The molecule has 1 aliphatic rings. The predicted molar refractivity (Wildman–Crippen MR) is 111 cm³/mol. The van der Waals surface area contributed by atoms with Gasteiger partial charge in [0, 0.05) is 12.0 Å². The molecule has 0 N–H and O–H groups in total. The number of rotatable bonds is 9. The Morgan fingerprint density at radius 3 is 2.62 bits per heavy atom. The van der Waals surface area contributed by atoms with Crippen molar-refractivity contribution in [2.45, 2.75) is 31.6 Å². The molecule has 0 spiro atoms. The van der Waals surface area contributed by atoms with Crippen molar-refractivity contribution >= 4 is 0 Å². The van der Waals surface area contributed by atoms with E-state index >= 15 is 0 Å². The van der Waals surface area contributed by atoms with Crippen LogP contribution < -0.4 is 0 Å². The summed E-state index contributed by atoms with van der Waals surface area (Å²) in [4.78, 5) is 13.9. The molecule has 1 saturated carbocycles. The maximum absolute atomic E-state index is 11.6. The molecular weight excluding hydrogens is 320 g/mol. The summed E-state index contributed by atoms with van der Waals surface area (Å²) in [6.45, 7) is 7.29. The van der Waals surface area contributed by atoms with Gasteiger partial charge in [-0.2, -0.15) is 4.91 Å². The van der Waals surface area contributed by atoms with Gasteiger partial charge in [0.05, 0.1) is 6.54 Å². The van der Waals surface area contributed by atoms with Crippen molar-refractivity contribution < 1.29 is 0 Å². The van der Waals surface area contributed by atoms with Crippen LogP contribution in [0.3, 0.4) is 0 Å². The zero-order chi connectivity index (χ0) is 19.0. The molecule has 0 radical (unpaired) electrons. The molecule has 140 valence electrons. The van der Waals surface area contributed by atoms with Crippen molar-refractivity contribution in [1.29, 1.82) is 0 Å². The normalized spacial score (nSPS) is 23.3. The van der Waals surface area contributed by atoms with E-state index in [1.807, 2.05) is 25.1 Å². The average Bonchev–Trinajstić information content (AvgIpc) is 3.08. The van der Waals surface area contributed by atoms with Crippen LogP contribution in [0.4, 0.5) is 0 Å². The fourth-order valence-corrected chi connectivity index (χ4v) is 4.65. The number of hydrogen-bond acceptors (Lipinski definition) is 3. The van der Waals surface area contributed by atoms with Gasteiger partial charge in [0.1, 0.15) is 0 Å². The number of benzene rings is 1. The van der Waals surface area contributed by atoms with Gasteiger partial charge >= 0.3 is 0 Å². The van der Waals surface area contributed by atoms with Crippen molar-refractivity contribution in [3.63, 3.8) is 0 Å². The Bertz CT molecular complexity index is 647. The summed E-state index contributed by atoms with van der Waals surface area (Å²) in [6, 6.07) is 10.4. The first kappa shape index (κ1) is 20.3.